The Labute approximate surface area is 194 Å². The molecule has 0 fully saturated rings. The predicted octanol–water partition coefficient (Wildman–Crippen LogP) is 4.49. The number of para-hydroxylation sites is 2. The second kappa shape index (κ2) is 7.31. The lowest BCUT2D eigenvalue weighted by molar-refractivity contribution is -0.127. The summed E-state index contributed by atoms with van der Waals surface area (Å²) in [6.07, 6.45) is 0. The van der Waals surface area contributed by atoms with Gasteiger partial charge in [-0.15, -0.1) is 0 Å². The number of hydrazone groups is 1. The Morgan fingerprint density at radius 2 is 1.74 bits per heavy atom. The van der Waals surface area contributed by atoms with Gasteiger partial charge in [0.25, 0.3) is 5.91 Å². The first-order chi connectivity index (χ1) is 16.5. The summed E-state index contributed by atoms with van der Waals surface area (Å²) in [6, 6.07) is 23.6. The molecule has 3 aromatic carbocycles. The van der Waals surface area contributed by atoms with Crippen molar-refractivity contribution >= 4 is 28.3 Å². The van der Waals surface area contributed by atoms with E-state index in [2.05, 4.69) is 5.10 Å². The number of ether oxygens (including phenoxy) is 2. The molecule has 168 valence electrons. The van der Waals surface area contributed by atoms with Crippen LogP contribution >= 0.6 is 0 Å². The number of rotatable bonds is 3. The molecule has 34 heavy (non-hydrogen) atoms. The maximum absolute atomic E-state index is 14.1. The molecule has 7 nitrogen and oxygen atoms in total. The number of benzene rings is 3. The largest absolute Gasteiger partial charge is 0.497 e. The Balaban J connectivity index is 1.64. The molecule has 3 heterocycles. The van der Waals surface area contributed by atoms with Crippen molar-refractivity contribution in [3.8, 4) is 11.5 Å². The maximum Gasteiger partial charge on any atom is 0.344 e. The summed E-state index contributed by atoms with van der Waals surface area (Å²) in [5.74, 6) is -0.198. The van der Waals surface area contributed by atoms with Crippen LogP contribution in [0.3, 0.4) is 0 Å². The lowest BCUT2D eigenvalue weighted by Gasteiger charge is -2.29. The van der Waals surface area contributed by atoms with E-state index in [4.69, 9.17) is 13.9 Å². The lowest BCUT2D eigenvalue weighted by atomic mass is 9.76. The third-order valence-electron chi connectivity index (χ3n) is 6.48. The van der Waals surface area contributed by atoms with E-state index in [9.17, 15) is 9.59 Å². The third kappa shape index (κ3) is 2.67. The van der Waals surface area contributed by atoms with E-state index in [-0.39, 0.29) is 5.91 Å². The molecule has 0 radical (unpaired) electrons. The summed E-state index contributed by atoms with van der Waals surface area (Å²) >= 11 is 0. The smallest absolute Gasteiger partial charge is 0.344 e. The summed E-state index contributed by atoms with van der Waals surface area (Å²) in [4.78, 5) is 27.4. The lowest BCUT2D eigenvalue weighted by Crippen LogP contribution is -2.53. The fraction of sp³-hybridized carbons (Fsp3) is 0.148. The van der Waals surface area contributed by atoms with Gasteiger partial charge < -0.3 is 13.9 Å². The monoisotopic (exact) mass is 452 g/mol. The van der Waals surface area contributed by atoms with Crippen molar-refractivity contribution < 1.29 is 18.7 Å². The fourth-order valence-electron chi connectivity index (χ4n) is 4.92. The van der Waals surface area contributed by atoms with Crippen molar-refractivity contribution in [2.45, 2.75) is 18.4 Å². The molecule has 2 aliphatic heterocycles. The number of nitrogens with zero attached hydrogens (tertiary/aromatic N) is 2. The van der Waals surface area contributed by atoms with Gasteiger partial charge in [-0.05, 0) is 48.9 Å². The van der Waals surface area contributed by atoms with Crippen LogP contribution in [0.1, 0.15) is 24.0 Å². The van der Waals surface area contributed by atoms with Crippen molar-refractivity contribution in [3.63, 3.8) is 0 Å². The highest BCUT2D eigenvalue weighted by atomic mass is 16.5. The highest BCUT2D eigenvalue weighted by Crippen LogP contribution is 2.53. The van der Waals surface area contributed by atoms with Gasteiger partial charge in [-0.1, -0.05) is 42.5 Å². The van der Waals surface area contributed by atoms with Crippen molar-refractivity contribution in [1.29, 1.82) is 0 Å². The molecule has 4 aromatic rings. The average molecular weight is 452 g/mol. The zero-order valence-electron chi connectivity index (χ0n) is 18.5. The highest BCUT2D eigenvalue weighted by molar-refractivity contribution is 6.23. The number of hydrogen-bond acceptors (Lipinski definition) is 6. The van der Waals surface area contributed by atoms with E-state index >= 15 is 0 Å². The van der Waals surface area contributed by atoms with Crippen molar-refractivity contribution in [1.82, 2.24) is 0 Å². The minimum Gasteiger partial charge on any atom is -0.497 e. The maximum atomic E-state index is 14.1. The molecule has 1 spiro atoms. The van der Waals surface area contributed by atoms with Crippen molar-refractivity contribution in [2.75, 3.05) is 12.1 Å². The van der Waals surface area contributed by atoms with Gasteiger partial charge in [0, 0.05) is 0 Å². The molecule has 0 saturated heterocycles. The van der Waals surface area contributed by atoms with Gasteiger partial charge >= 0.3 is 5.63 Å². The number of hydrogen-bond donors (Lipinski definition) is 0. The Kier molecular flexibility index (Phi) is 4.35. The van der Waals surface area contributed by atoms with Gasteiger partial charge in [0.15, 0.2) is 0 Å². The summed E-state index contributed by atoms with van der Waals surface area (Å²) in [5, 5.41) is 6.57. The Bertz CT molecular complexity index is 1540. The Hall–Kier alpha value is -4.39. The molecule has 2 atom stereocenters. The number of carbonyl (C=O) groups excluding carboxylic acids is 1. The van der Waals surface area contributed by atoms with Gasteiger partial charge in [-0.2, -0.15) is 10.1 Å². The molecule has 2 aliphatic rings. The summed E-state index contributed by atoms with van der Waals surface area (Å²) in [7, 11) is 1.57. The zero-order chi connectivity index (χ0) is 23.4. The van der Waals surface area contributed by atoms with Crippen LogP contribution in [0.15, 0.2) is 93.2 Å². The summed E-state index contributed by atoms with van der Waals surface area (Å²) in [5.41, 5.74) is 0.370. The standard InChI is InChI=1S/C27H20N2O5/c1-16-27(26(31)29(28-16)18-10-4-3-5-11-18)23(17-9-8-12-19(15-17)32-2)22-24(34-27)20-13-6-7-14-21(20)33-25(22)30/h3-15,23H,1-2H3/t23-,27+/m0/s1. The molecule has 7 heteroatoms. The second-order valence-electron chi connectivity index (χ2n) is 8.31. The van der Waals surface area contributed by atoms with Crippen LogP contribution in [0.2, 0.25) is 0 Å². The molecular formula is C27H20N2O5. The van der Waals surface area contributed by atoms with Gasteiger partial charge in [-0.25, -0.2) is 4.79 Å². The quantitative estimate of drug-likeness (QED) is 0.428. The van der Waals surface area contributed by atoms with E-state index < -0.39 is 17.1 Å². The van der Waals surface area contributed by atoms with Crippen molar-refractivity contribution in [3.05, 3.63) is 100 Å². The van der Waals surface area contributed by atoms with Gasteiger partial charge in [0.2, 0.25) is 5.60 Å². The molecule has 1 amide bonds. The summed E-state index contributed by atoms with van der Waals surface area (Å²) in [6.45, 7) is 1.75. The van der Waals surface area contributed by atoms with Crippen LogP contribution in [-0.2, 0) is 4.79 Å². The van der Waals surface area contributed by atoms with E-state index in [1.165, 1.54) is 5.01 Å². The first-order valence-electron chi connectivity index (χ1n) is 10.9. The van der Waals surface area contributed by atoms with Gasteiger partial charge in [-0.3, -0.25) is 4.79 Å². The molecular weight excluding hydrogens is 432 g/mol. The fourth-order valence-corrected chi connectivity index (χ4v) is 4.92. The number of amides is 1. The highest BCUT2D eigenvalue weighted by Gasteiger charge is 2.63. The first kappa shape index (κ1) is 20.2. The van der Waals surface area contributed by atoms with Gasteiger partial charge in [0.1, 0.15) is 17.1 Å². The number of carbonyl (C=O) groups is 1. The van der Waals surface area contributed by atoms with Crippen LogP contribution in [0, 0.1) is 0 Å². The minimum absolute atomic E-state index is 0.296. The van der Waals surface area contributed by atoms with Crippen LogP contribution in [0.5, 0.6) is 11.5 Å². The molecule has 0 bridgehead atoms. The van der Waals surface area contributed by atoms with Gasteiger partial charge in [0.05, 0.1) is 35.4 Å². The van der Waals surface area contributed by atoms with Crippen molar-refractivity contribution in [2.24, 2.45) is 5.10 Å². The normalized spacial score (nSPS) is 21.0. The minimum atomic E-state index is -1.54. The molecule has 0 N–H and O–H groups in total. The summed E-state index contributed by atoms with van der Waals surface area (Å²) < 4.78 is 17.6. The molecule has 0 saturated carbocycles. The zero-order valence-corrected chi connectivity index (χ0v) is 18.5. The second-order valence-corrected chi connectivity index (χ2v) is 8.31. The molecule has 6 rings (SSSR count). The van der Waals surface area contributed by atoms with E-state index in [1.807, 2.05) is 54.6 Å². The average Bonchev–Trinajstić information content (AvgIpc) is 3.37. The van der Waals surface area contributed by atoms with E-state index in [0.717, 1.165) is 0 Å². The Morgan fingerprint density at radius 1 is 0.971 bits per heavy atom. The topological polar surface area (TPSA) is 81.3 Å². The Morgan fingerprint density at radius 3 is 2.53 bits per heavy atom. The SMILES string of the molecule is COc1cccc([C@H]2c3c(c4ccccc4oc3=O)O[C@@]23C(=O)N(c2ccccc2)N=C3C)c1. The predicted molar refractivity (Wildman–Crippen MR) is 128 cm³/mol. The molecule has 0 unspecified atom stereocenters. The molecule has 0 aliphatic carbocycles. The van der Waals surface area contributed by atoms with E-state index in [0.29, 0.717) is 45.0 Å². The number of fused-ring (bicyclic) bond motifs is 3. The number of anilines is 1. The van der Waals surface area contributed by atoms with Crippen LogP contribution in [-0.4, -0.2) is 24.3 Å². The van der Waals surface area contributed by atoms with E-state index in [1.54, 1.807) is 38.3 Å². The van der Waals surface area contributed by atoms with Crippen LogP contribution in [0.4, 0.5) is 5.69 Å². The molecule has 1 aromatic heterocycles. The van der Waals surface area contributed by atoms with Crippen LogP contribution < -0.4 is 20.1 Å². The first-order valence-corrected chi connectivity index (χ1v) is 10.9. The third-order valence-corrected chi connectivity index (χ3v) is 6.48. The van der Waals surface area contributed by atoms with Crippen LogP contribution in [0.25, 0.3) is 11.0 Å². The number of methoxy groups -OCH3 is 1.